The minimum absolute atomic E-state index is 0.138. The third-order valence-electron chi connectivity index (χ3n) is 4.00. The number of nitrogens with zero attached hydrogens (tertiary/aromatic N) is 1. The van der Waals surface area contributed by atoms with E-state index in [2.05, 4.69) is 6.92 Å². The molecule has 2 rings (SSSR count). The lowest BCUT2D eigenvalue weighted by Crippen LogP contribution is -2.29. The Morgan fingerprint density at radius 1 is 1.40 bits per heavy atom. The van der Waals surface area contributed by atoms with Crippen molar-refractivity contribution in [3.05, 3.63) is 29.3 Å². The molecule has 0 aliphatic carbocycles. The van der Waals surface area contributed by atoms with E-state index in [0.717, 1.165) is 24.8 Å². The van der Waals surface area contributed by atoms with Gasteiger partial charge in [-0.1, -0.05) is 25.5 Å². The van der Waals surface area contributed by atoms with Crippen LogP contribution in [0.3, 0.4) is 0 Å². The van der Waals surface area contributed by atoms with E-state index >= 15 is 0 Å². The highest BCUT2D eigenvalue weighted by Crippen LogP contribution is 2.28. The van der Waals surface area contributed by atoms with Crippen LogP contribution < -0.4 is 0 Å². The van der Waals surface area contributed by atoms with Crippen molar-refractivity contribution >= 4 is 10.0 Å². The van der Waals surface area contributed by atoms with Crippen LogP contribution in [0.15, 0.2) is 23.1 Å². The van der Waals surface area contributed by atoms with Crippen molar-refractivity contribution in [2.24, 2.45) is 5.92 Å². The van der Waals surface area contributed by atoms with Crippen LogP contribution in [0.5, 0.6) is 0 Å². The molecule has 1 aromatic carbocycles. The maximum absolute atomic E-state index is 12.7. The molecule has 4 nitrogen and oxygen atoms in total. The van der Waals surface area contributed by atoms with Gasteiger partial charge in [0.25, 0.3) is 0 Å². The zero-order valence-corrected chi connectivity index (χ0v) is 13.0. The average Bonchev–Trinajstić information content (AvgIpc) is 2.89. The van der Waals surface area contributed by atoms with Crippen LogP contribution in [-0.2, 0) is 16.6 Å². The number of hydrogen-bond acceptors (Lipinski definition) is 3. The van der Waals surface area contributed by atoms with Crippen LogP contribution in [0.25, 0.3) is 0 Å². The SMILES string of the molecule is CCCC1CCN(S(=O)(=O)c2cc(CO)ccc2C)C1. The van der Waals surface area contributed by atoms with Gasteiger partial charge >= 0.3 is 0 Å². The molecule has 0 saturated carbocycles. The van der Waals surface area contributed by atoms with Crippen LogP contribution in [-0.4, -0.2) is 30.9 Å². The van der Waals surface area contributed by atoms with Crippen molar-refractivity contribution in [2.75, 3.05) is 13.1 Å². The number of hydrogen-bond donors (Lipinski definition) is 1. The molecule has 1 aliphatic rings. The monoisotopic (exact) mass is 297 g/mol. The maximum Gasteiger partial charge on any atom is 0.243 e. The second kappa shape index (κ2) is 6.24. The summed E-state index contributed by atoms with van der Waals surface area (Å²) in [7, 11) is -3.43. The summed E-state index contributed by atoms with van der Waals surface area (Å²) in [6, 6.07) is 5.12. The van der Waals surface area contributed by atoms with E-state index in [1.54, 1.807) is 29.4 Å². The first kappa shape index (κ1) is 15.5. The maximum atomic E-state index is 12.7. The van der Waals surface area contributed by atoms with Crippen molar-refractivity contribution in [1.82, 2.24) is 4.31 Å². The molecule has 1 aromatic rings. The summed E-state index contributed by atoms with van der Waals surface area (Å²) in [6.45, 7) is 5.02. The molecule has 1 heterocycles. The Morgan fingerprint density at radius 3 is 2.80 bits per heavy atom. The van der Waals surface area contributed by atoms with E-state index in [0.29, 0.717) is 29.5 Å². The molecule has 1 N–H and O–H groups in total. The van der Waals surface area contributed by atoms with Gasteiger partial charge in [-0.15, -0.1) is 0 Å². The zero-order valence-electron chi connectivity index (χ0n) is 12.2. The number of aryl methyl sites for hydroxylation is 1. The van der Waals surface area contributed by atoms with Crippen molar-refractivity contribution in [3.63, 3.8) is 0 Å². The highest BCUT2D eigenvalue weighted by atomic mass is 32.2. The first-order valence-electron chi connectivity index (χ1n) is 7.19. The molecule has 20 heavy (non-hydrogen) atoms. The normalized spacial score (nSPS) is 20.4. The molecule has 0 spiro atoms. The molecule has 0 bridgehead atoms. The summed E-state index contributed by atoms with van der Waals surface area (Å²) >= 11 is 0. The Bertz CT molecular complexity index is 568. The van der Waals surface area contributed by atoms with Gasteiger partial charge in [0.2, 0.25) is 10.0 Å². The molecule has 0 amide bonds. The van der Waals surface area contributed by atoms with Gasteiger partial charge < -0.3 is 5.11 Å². The Labute approximate surface area is 121 Å². The fourth-order valence-corrected chi connectivity index (χ4v) is 4.63. The highest BCUT2D eigenvalue weighted by molar-refractivity contribution is 7.89. The minimum Gasteiger partial charge on any atom is -0.392 e. The molecule has 1 unspecified atom stereocenters. The fourth-order valence-electron chi connectivity index (χ4n) is 2.82. The van der Waals surface area contributed by atoms with Gasteiger partial charge in [0.1, 0.15) is 0 Å². The standard InChI is InChI=1S/C15H23NO3S/c1-3-4-13-7-8-16(10-13)20(18,19)15-9-14(11-17)6-5-12(15)2/h5-6,9,13,17H,3-4,7-8,10-11H2,1-2H3. The molecular formula is C15H23NO3S. The highest BCUT2D eigenvalue weighted by Gasteiger charge is 2.32. The van der Waals surface area contributed by atoms with Gasteiger partial charge in [-0.25, -0.2) is 8.42 Å². The Morgan fingerprint density at radius 2 is 2.15 bits per heavy atom. The van der Waals surface area contributed by atoms with Crippen LogP contribution in [0.1, 0.15) is 37.3 Å². The summed E-state index contributed by atoms with van der Waals surface area (Å²) < 4.78 is 27.0. The second-order valence-electron chi connectivity index (χ2n) is 5.56. The molecule has 5 heteroatoms. The lowest BCUT2D eigenvalue weighted by atomic mass is 10.0. The van der Waals surface area contributed by atoms with Gasteiger partial charge in [0, 0.05) is 13.1 Å². The van der Waals surface area contributed by atoms with E-state index in [1.165, 1.54) is 0 Å². The molecule has 112 valence electrons. The quantitative estimate of drug-likeness (QED) is 0.907. The Balaban J connectivity index is 2.27. The minimum atomic E-state index is -3.43. The lowest BCUT2D eigenvalue weighted by molar-refractivity contribution is 0.281. The van der Waals surface area contributed by atoms with E-state index in [9.17, 15) is 13.5 Å². The number of benzene rings is 1. The van der Waals surface area contributed by atoms with E-state index in [1.807, 2.05) is 0 Å². The number of sulfonamides is 1. The molecule has 0 aromatic heterocycles. The summed E-state index contributed by atoms with van der Waals surface area (Å²) in [5, 5.41) is 9.19. The third-order valence-corrected chi connectivity index (χ3v) is 6.01. The first-order valence-corrected chi connectivity index (χ1v) is 8.63. The molecule has 0 radical (unpaired) electrons. The van der Waals surface area contributed by atoms with E-state index < -0.39 is 10.0 Å². The summed E-state index contributed by atoms with van der Waals surface area (Å²) in [5.41, 5.74) is 1.37. The molecule has 1 saturated heterocycles. The predicted octanol–water partition coefficient (Wildman–Crippen LogP) is 2.30. The second-order valence-corrected chi connectivity index (χ2v) is 7.47. The number of aliphatic hydroxyl groups excluding tert-OH is 1. The Kier molecular flexibility index (Phi) is 4.83. The van der Waals surface area contributed by atoms with Crippen LogP contribution in [0.4, 0.5) is 0 Å². The number of rotatable bonds is 5. The average molecular weight is 297 g/mol. The number of aliphatic hydroxyl groups is 1. The summed E-state index contributed by atoms with van der Waals surface area (Å²) in [6.07, 6.45) is 3.13. The lowest BCUT2D eigenvalue weighted by Gasteiger charge is -2.18. The van der Waals surface area contributed by atoms with Crippen molar-refractivity contribution in [3.8, 4) is 0 Å². The molecular weight excluding hydrogens is 274 g/mol. The van der Waals surface area contributed by atoms with Gasteiger partial charge in [-0.3, -0.25) is 0 Å². The summed E-state index contributed by atoms with van der Waals surface area (Å²) in [4.78, 5) is 0.334. The largest absolute Gasteiger partial charge is 0.392 e. The van der Waals surface area contributed by atoms with Crippen molar-refractivity contribution in [2.45, 2.75) is 44.6 Å². The topological polar surface area (TPSA) is 57.6 Å². The van der Waals surface area contributed by atoms with E-state index in [-0.39, 0.29) is 6.61 Å². The molecule has 1 aliphatic heterocycles. The smallest absolute Gasteiger partial charge is 0.243 e. The summed E-state index contributed by atoms with van der Waals surface area (Å²) in [5.74, 6) is 0.483. The van der Waals surface area contributed by atoms with Crippen LogP contribution >= 0.6 is 0 Å². The zero-order chi connectivity index (χ0) is 14.8. The van der Waals surface area contributed by atoms with Gasteiger partial charge in [0.05, 0.1) is 11.5 Å². The van der Waals surface area contributed by atoms with Crippen molar-refractivity contribution in [1.29, 1.82) is 0 Å². The molecule has 1 atom stereocenters. The Hall–Kier alpha value is -0.910. The molecule has 1 fully saturated rings. The predicted molar refractivity (Wildman–Crippen MR) is 78.9 cm³/mol. The van der Waals surface area contributed by atoms with E-state index in [4.69, 9.17) is 0 Å². The van der Waals surface area contributed by atoms with Crippen LogP contribution in [0, 0.1) is 12.8 Å². The third kappa shape index (κ3) is 3.05. The van der Waals surface area contributed by atoms with Crippen molar-refractivity contribution < 1.29 is 13.5 Å². The fraction of sp³-hybridized carbons (Fsp3) is 0.600. The van der Waals surface area contributed by atoms with Gasteiger partial charge in [-0.2, -0.15) is 4.31 Å². The van der Waals surface area contributed by atoms with Gasteiger partial charge in [0.15, 0.2) is 0 Å². The first-order chi connectivity index (χ1) is 9.48. The van der Waals surface area contributed by atoms with Crippen LogP contribution in [0.2, 0.25) is 0 Å². The van der Waals surface area contributed by atoms with Gasteiger partial charge in [-0.05, 0) is 42.9 Å².